The molecule has 0 unspecified atom stereocenters. The average molecular weight is 169 g/mol. The maximum Gasteiger partial charge on any atom is 0.0693 e. The highest BCUT2D eigenvalue weighted by Crippen LogP contribution is 2.18. The molecule has 1 saturated carbocycles. The van der Waals surface area contributed by atoms with E-state index in [1.54, 1.807) is 0 Å². The van der Waals surface area contributed by atoms with E-state index in [1.165, 1.54) is 12.8 Å². The van der Waals surface area contributed by atoms with Crippen molar-refractivity contribution in [2.24, 2.45) is 0 Å². The zero-order chi connectivity index (χ0) is 8.97. The Morgan fingerprint density at radius 2 is 2.17 bits per heavy atom. The first-order valence-corrected chi connectivity index (χ1v) is 4.76. The summed E-state index contributed by atoms with van der Waals surface area (Å²) in [6.07, 6.45) is 4.33. The molecule has 0 heterocycles. The molecule has 0 aliphatic heterocycles. The van der Waals surface area contributed by atoms with Crippen LogP contribution in [-0.4, -0.2) is 23.8 Å². The molecule has 0 amide bonds. The van der Waals surface area contributed by atoms with Crippen molar-refractivity contribution in [3.05, 3.63) is 12.2 Å². The summed E-state index contributed by atoms with van der Waals surface area (Å²) in [6.45, 7) is 6.66. The van der Waals surface area contributed by atoms with Crippen LogP contribution in [0.15, 0.2) is 12.2 Å². The zero-order valence-electron chi connectivity index (χ0n) is 7.84. The predicted octanol–water partition coefficient (Wildman–Crippen LogP) is 1.46. The van der Waals surface area contributed by atoms with E-state index in [4.69, 9.17) is 0 Å². The maximum atomic E-state index is 9.59. The Bertz CT molecular complexity index is 156. The predicted molar refractivity (Wildman–Crippen MR) is 51.1 cm³/mol. The van der Waals surface area contributed by atoms with Crippen molar-refractivity contribution in [1.82, 2.24) is 5.32 Å². The standard InChI is InChI=1S/C10H19NO/c1-8(2)7-11-9-5-3-4-6-10(9)12/h9-12H,1,3-7H2,2H3/t9-,10-/m0/s1. The molecule has 0 aromatic heterocycles. The number of hydrogen-bond acceptors (Lipinski definition) is 2. The molecule has 0 aromatic carbocycles. The van der Waals surface area contributed by atoms with Crippen LogP contribution in [0.2, 0.25) is 0 Å². The summed E-state index contributed by atoms with van der Waals surface area (Å²) in [5, 5.41) is 12.9. The second kappa shape index (κ2) is 4.63. The monoisotopic (exact) mass is 169 g/mol. The summed E-state index contributed by atoms with van der Waals surface area (Å²) in [4.78, 5) is 0. The van der Waals surface area contributed by atoms with Crippen molar-refractivity contribution in [2.45, 2.75) is 44.8 Å². The van der Waals surface area contributed by atoms with E-state index in [0.29, 0.717) is 6.04 Å². The molecular formula is C10H19NO. The van der Waals surface area contributed by atoms with Gasteiger partial charge < -0.3 is 10.4 Å². The molecule has 12 heavy (non-hydrogen) atoms. The highest BCUT2D eigenvalue weighted by molar-refractivity contribution is 4.93. The number of aliphatic hydroxyl groups excluding tert-OH is 1. The highest BCUT2D eigenvalue weighted by Gasteiger charge is 2.21. The van der Waals surface area contributed by atoms with Gasteiger partial charge in [-0.15, -0.1) is 0 Å². The Kier molecular flexibility index (Phi) is 3.76. The first-order chi connectivity index (χ1) is 5.70. The van der Waals surface area contributed by atoms with Gasteiger partial charge in [0.25, 0.3) is 0 Å². The van der Waals surface area contributed by atoms with E-state index in [-0.39, 0.29) is 6.10 Å². The smallest absolute Gasteiger partial charge is 0.0693 e. The molecule has 1 rings (SSSR count). The lowest BCUT2D eigenvalue weighted by molar-refractivity contribution is 0.0925. The average Bonchev–Trinajstić information content (AvgIpc) is 2.03. The summed E-state index contributed by atoms with van der Waals surface area (Å²) < 4.78 is 0. The van der Waals surface area contributed by atoms with Crippen molar-refractivity contribution < 1.29 is 5.11 Å². The van der Waals surface area contributed by atoms with Crippen molar-refractivity contribution in [1.29, 1.82) is 0 Å². The van der Waals surface area contributed by atoms with Crippen LogP contribution in [0.4, 0.5) is 0 Å². The minimum Gasteiger partial charge on any atom is -0.392 e. The van der Waals surface area contributed by atoms with Crippen LogP contribution in [0.3, 0.4) is 0 Å². The second-order valence-electron chi connectivity index (χ2n) is 3.80. The van der Waals surface area contributed by atoms with Gasteiger partial charge in [-0.25, -0.2) is 0 Å². The van der Waals surface area contributed by atoms with Gasteiger partial charge in [0.1, 0.15) is 0 Å². The van der Waals surface area contributed by atoms with Gasteiger partial charge in [0, 0.05) is 12.6 Å². The van der Waals surface area contributed by atoms with Gasteiger partial charge in [-0.1, -0.05) is 25.0 Å². The fraction of sp³-hybridized carbons (Fsp3) is 0.800. The lowest BCUT2D eigenvalue weighted by Gasteiger charge is -2.28. The molecule has 0 saturated heterocycles. The molecule has 2 atom stereocenters. The van der Waals surface area contributed by atoms with Gasteiger partial charge in [-0.05, 0) is 19.8 Å². The van der Waals surface area contributed by atoms with Crippen LogP contribution in [0.25, 0.3) is 0 Å². The molecule has 0 spiro atoms. The second-order valence-corrected chi connectivity index (χ2v) is 3.80. The lowest BCUT2D eigenvalue weighted by Crippen LogP contribution is -2.42. The molecule has 0 aromatic rings. The molecule has 2 heteroatoms. The Hall–Kier alpha value is -0.340. The van der Waals surface area contributed by atoms with E-state index in [0.717, 1.165) is 25.0 Å². The van der Waals surface area contributed by atoms with Crippen molar-refractivity contribution >= 4 is 0 Å². The van der Waals surface area contributed by atoms with Gasteiger partial charge in [0.15, 0.2) is 0 Å². The third kappa shape index (κ3) is 2.95. The van der Waals surface area contributed by atoms with Crippen LogP contribution in [-0.2, 0) is 0 Å². The Morgan fingerprint density at radius 3 is 2.75 bits per heavy atom. The molecule has 1 aliphatic rings. The van der Waals surface area contributed by atoms with Crippen molar-refractivity contribution in [3.8, 4) is 0 Å². The Labute approximate surface area is 74.7 Å². The molecule has 0 bridgehead atoms. The van der Waals surface area contributed by atoms with E-state index in [1.807, 2.05) is 6.92 Å². The molecular weight excluding hydrogens is 150 g/mol. The number of nitrogens with one attached hydrogen (secondary N) is 1. The first-order valence-electron chi connectivity index (χ1n) is 4.76. The van der Waals surface area contributed by atoms with Crippen LogP contribution in [0, 0.1) is 0 Å². The van der Waals surface area contributed by atoms with Gasteiger partial charge in [-0.2, -0.15) is 0 Å². The highest BCUT2D eigenvalue weighted by atomic mass is 16.3. The fourth-order valence-corrected chi connectivity index (χ4v) is 1.65. The molecule has 0 radical (unpaired) electrons. The van der Waals surface area contributed by atoms with Crippen LogP contribution >= 0.6 is 0 Å². The molecule has 2 nitrogen and oxygen atoms in total. The van der Waals surface area contributed by atoms with Gasteiger partial charge in [-0.3, -0.25) is 0 Å². The summed E-state index contributed by atoms with van der Waals surface area (Å²) in [5.74, 6) is 0. The van der Waals surface area contributed by atoms with Crippen LogP contribution in [0.1, 0.15) is 32.6 Å². The van der Waals surface area contributed by atoms with E-state index >= 15 is 0 Å². The number of aliphatic hydroxyl groups is 1. The summed E-state index contributed by atoms with van der Waals surface area (Å²) >= 11 is 0. The zero-order valence-corrected chi connectivity index (χ0v) is 7.84. The van der Waals surface area contributed by atoms with Crippen molar-refractivity contribution in [3.63, 3.8) is 0 Å². The van der Waals surface area contributed by atoms with Crippen molar-refractivity contribution in [2.75, 3.05) is 6.54 Å². The third-order valence-corrected chi connectivity index (χ3v) is 2.40. The quantitative estimate of drug-likeness (QED) is 0.627. The fourth-order valence-electron chi connectivity index (χ4n) is 1.65. The largest absolute Gasteiger partial charge is 0.392 e. The minimum absolute atomic E-state index is 0.141. The number of rotatable bonds is 3. The van der Waals surface area contributed by atoms with Crippen LogP contribution in [0.5, 0.6) is 0 Å². The summed E-state index contributed by atoms with van der Waals surface area (Å²) in [6, 6.07) is 0.301. The van der Waals surface area contributed by atoms with E-state index in [9.17, 15) is 5.11 Å². The molecule has 70 valence electrons. The molecule has 2 N–H and O–H groups in total. The Balaban J connectivity index is 2.24. The topological polar surface area (TPSA) is 32.3 Å². The molecule has 1 aliphatic carbocycles. The van der Waals surface area contributed by atoms with Gasteiger partial charge in [0.05, 0.1) is 6.10 Å². The summed E-state index contributed by atoms with van der Waals surface area (Å²) in [5.41, 5.74) is 1.13. The molecule has 1 fully saturated rings. The third-order valence-electron chi connectivity index (χ3n) is 2.40. The van der Waals surface area contributed by atoms with Crippen LogP contribution < -0.4 is 5.32 Å². The van der Waals surface area contributed by atoms with Gasteiger partial charge >= 0.3 is 0 Å². The maximum absolute atomic E-state index is 9.59. The Morgan fingerprint density at radius 1 is 1.50 bits per heavy atom. The minimum atomic E-state index is -0.141. The lowest BCUT2D eigenvalue weighted by atomic mass is 9.92. The normalized spacial score (nSPS) is 30.2. The number of hydrogen-bond donors (Lipinski definition) is 2. The van der Waals surface area contributed by atoms with E-state index in [2.05, 4.69) is 11.9 Å². The van der Waals surface area contributed by atoms with Gasteiger partial charge in [0.2, 0.25) is 0 Å². The summed E-state index contributed by atoms with van der Waals surface area (Å²) in [7, 11) is 0. The SMILES string of the molecule is C=C(C)CN[C@H]1CCCC[C@@H]1O. The first kappa shape index (κ1) is 9.75. The van der Waals surface area contributed by atoms with E-state index < -0.39 is 0 Å².